The molecule has 23 heavy (non-hydrogen) atoms. The van der Waals surface area contributed by atoms with Crippen LogP contribution in [0.25, 0.3) is 0 Å². The zero-order chi connectivity index (χ0) is 16.9. The molecular weight excluding hydrogens is 294 g/mol. The summed E-state index contributed by atoms with van der Waals surface area (Å²) in [7, 11) is 0. The predicted molar refractivity (Wildman–Crippen MR) is 88.1 cm³/mol. The van der Waals surface area contributed by atoms with Crippen LogP contribution in [0.1, 0.15) is 45.8 Å². The molecule has 1 aromatic heterocycles. The molecule has 0 unspecified atom stereocenters. The number of carbonyl (C=O) groups excluding carboxylic acids is 2. The van der Waals surface area contributed by atoms with Crippen molar-refractivity contribution < 1.29 is 14.0 Å². The maximum Gasteiger partial charge on any atom is 0.317 e. The molecule has 6 nitrogen and oxygen atoms in total. The first-order valence-corrected chi connectivity index (χ1v) is 8.22. The van der Waals surface area contributed by atoms with Crippen molar-refractivity contribution in [1.29, 1.82) is 0 Å². The minimum absolute atomic E-state index is 0.0277. The van der Waals surface area contributed by atoms with Crippen LogP contribution in [-0.4, -0.2) is 41.5 Å². The average molecular weight is 321 g/mol. The molecule has 0 aliphatic carbocycles. The molecule has 0 bridgehead atoms. The largest absolute Gasteiger partial charge is 0.469 e. The second kappa shape index (κ2) is 7.53. The molecule has 2 rings (SSSR count). The fraction of sp³-hybridized carbons (Fsp3) is 0.647. The van der Waals surface area contributed by atoms with E-state index in [0.717, 1.165) is 18.6 Å². The van der Waals surface area contributed by atoms with Crippen LogP contribution in [-0.2, 0) is 11.2 Å². The Morgan fingerprint density at radius 3 is 2.57 bits per heavy atom. The van der Waals surface area contributed by atoms with E-state index in [-0.39, 0.29) is 23.5 Å². The van der Waals surface area contributed by atoms with E-state index in [2.05, 4.69) is 10.6 Å². The Morgan fingerprint density at radius 2 is 2.00 bits per heavy atom. The van der Waals surface area contributed by atoms with Crippen LogP contribution in [0.3, 0.4) is 0 Å². The molecule has 0 spiro atoms. The SMILES string of the molecule is CC(C)(C)NC(=O)N1CCC(NC(=O)CCc2ccco2)CC1. The fourth-order valence-corrected chi connectivity index (χ4v) is 2.62. The second-order valence-corrected chi connectivity index (χ2v) is 7.09. The third-order valence-corrected chi connectivity index (χ3v) is 3.81. The standard InChI is InChI=1S/C17H27N3O3/c1-17(2,3)19-16(22)20-10-8-13(9-11-20)18-15(21)7-6-14-5-4-12-23-14/h4-5,12-13H,6-11H2,1-3H3,(H,18,21)(H,19,22). The lowest BCUT2D eigenvalue weighted by Gasteiger charge is -2.34. The van der Waals surface area contributed by atoms with Crippen LogP contribution in [0.15, 0.2) is 22.8 Å². The summed E-state index contributed by atoms with van der Waals surface area (Å²) in [6.07, 6.45) is 4.25. The van der Waals surface area contributed by atoms with Crippen LogP contribution in [0.5, 0.6) is 0 Å². The highest BCUT2D eigenvalue weighted by molar-refractivity contribution is 5.77. The number of nitrogens with one attached hydrogen (secondary N) is 2. The summed E-state index contributed by atoms with van der Waals surface area (Å²) < 4.78 is 5.22. The van der Waals surface area contributed by atoms with E-state index in [0.29, 0.717) is 25.9 Å². The van der Waals surface area contributed by atoms with Crippen molar-refractivity contribution in [1.82, 2.24) is 15.5 Å². The number of rotatable bonds is 4. The van der Waals surface area contributed by atoms with Gasteiger partial charge in [-0.2, -0.15) is 0 Å². The van der Waals surface area contributed by atoms with Gasteiger partial charge in [-0.25, -0.2) is 4.79 Å². The van der Waals surface area contributed by atoms with Crippen molar-refractivity contribution in [2.75, 3.05) is 13.1 Å². The van der Waals surface area contributed by atoms with Crippen molar-refractivity contribution in [3.8, 4) is 0 Å². The molecule has 1 aliphatic rings. The van der Waals surface area contributed by atoms with E-state index >= 15 is 0 Å². The smallest absolute Gasteiger partial charge is 0.317 e. The lowest BCUT2D eigenvalue weighted by molar-refractivity contribution is -0.122. The molecule has 0 aromatic carbocycles. The molecule has 2 N–H and O–H groups in total. The number of hydrogen-bond acceptors (Lipinski definition) is 3. The van der Waals surface area contributed by atoms with Gasteiger partial charge in [0.25, 0.3) is 0 Å². The summed E-state index contributed by atoms with van der Waals surface area (Å²) in [5, 5.41) is 6.02. The lowest BCUT2D eigenvalue weighted by Crippen LogP contribution is -2.53. The number of nitrogens with zero attached hydrogens (tertiary/aromatic N) is 1. The number of piperidine rings is 1. The number of furan rings is 1. The Bertz CT molecular complexity index is 512. The van der Waals surface area contributed by atoms with Gasteiger partial charge in [-0.15, -0.1) is 0 Å². The number of likely N-dealkylation sites (tertiary alicyclic amines) is 1. The number of carbonyl (C=O) groups is 2. The molecule has 3 amide bonds. The highest BCUT2D eigenvalue weighted by Gasteiger charge is 2.25. The van der Waals surface area contributed by atoms with Crippen LogP contribution in [0.4, 0.5) is 4.79 Å². The van der Waals surface area contributed by atoms with Gasteiger partial charge < -0.3 is 20.0 Å². The maximum absolute atomic E-state index is 12.1. The van der Waals surface area contributed by atoms with Crippen molar-refractivity contribution in [2.45, 2.75) is 58.0 Å². The minimum Gasteiger partial charge on any atom is -0.469 e. The molecule has 1 aromatic rings. The number of amides is 3. The van der Waals surface area contributed by atoms with E-state index < -0.39 is 0 Å². The van der Waals surface area contributed by atoms with Crippen LogP contribution in [0.2, 0.25) is 0 Å². The van der Waals surface area contributed by atoms with Gasteiger partial charge in [0, 0.05) is 37.5 Å². The van der Waals surface area contributed by atoms with Gasteiger partial charge in [-0.3, -0.25) is 4.79 Å². The summed E-state index contributed by atoms with van der Waals surface area (Å²) in [5.74, 6) is 0.868. The van der Waals surface area contributed by atoms with E-state index in [9.17, 15) is 9.59 Å². The van der Waals surface area contributed by atoms with E-state index in [1.54, 1.807) is 6.26 Å². The van der Waals surface area contributed by atoms with Gasteiger partial charge in [-0.1, -0.05) is 0 Å². The monoisotopic (exact) mass is 321 g/mol. The summed E-state index contributed by atoms with van der Waals surface area (Å²) in [6.45, 7) is 7.25. The molecule has 1 fully saturated rings. The Labute approximate surface area is 137 Å². The molecule has 6 heteroatoms. The maximum atomic E-state index is 12.1. The molecule has 1 aliphatic heterocycles. The van der Waals surface area contributed by atoms with Crippen molar-refractivity contribution in [3.63, 3.8) is 0 Å². The molecule has 2 heterocycles. The van der Waals surface area contributed by atoms with E-state index in [1.807, 2.05) is 37.8 Å². The summed E-state index contributed by atoms with van der Waals surface area (Å²) in [6, 6.07) is 3.82. The van der Waals surface area contributed by atoms with Gasteiger partial charge in [0.15, 0.2) is 0 Å². The van der Waals surface area contributed by atoms with E-state index in [4.69, 9.17) is 4.42 Å². The third kappa shape index (κ3) is 5.96. The molecule has 0 atom stereocenters. The normalized spacial score (nSPS) is 16.2. The quantitative estimate of drug-likeness (QED) is 0.893. The second-order valence-electron chi connectivity index (χ2n) is 7.09. The van der Waals surface area contributed by atoms with Crippen LogP contribution >= 0.6 is 0 Å². The van der Waals surface area contributed by atoms with Gasteiger partial charge in [-0.05, 0) is 45.7 Å². The summed E-state index contributed by atoms with van der Waals surface area (Å²) >= 11 is 0. The van der Waals surface area contributed by atoms with Crippen molar-refractivity contribution >= 4 is 11.9 Å². The highest BCUT2D eigenvalue weighted by atomic mass is 16.3. The average Bonchev–Trinajstić information content (AvgIpc) is 2.97. The number of hydrogen-bond donors (Lipinski definition) is 2. The fourth-order valence-electron chi connectivity index (χ4n) is 2.62. The Hall–Kier alpha value is -1.98. The lowest BCUT2D eigenvalue weighted by atomic mass is 10.0. The highest BCUT2D eigenvalue weighted by Crippen LogP contribution is 2.12. The predicted octanol–water partition coefficient (Wildman–Crippen LogP) is 2.30. The van der Waals surface area contributed by atoms with Gasteiger partial charge in [0.1, 0.15) is 5.76 Å². The first kappa shape index (κ1) is 17.4. The van der Waals surface area contributed by atoms with Crippen LogP contribution < -0.4 is 10.6 Å². The molecular formula is C17H27N3O3. The zero-order valence-electron chi connectivity index (χ0n) is 14.2. The Morgan fingerprint density at radius 1 is 1.30 bits per heavy atom. The topological polar surface area (TPSA) is 74.6 Å². The first-order valence-electron chi connectivity index (χ1n) is 8.22. The number of aryl methyl sites for hydroxylation is 1. The Balaban J connectivity index is 1.68. The zero-order valence-corrected chi connectivity index (χ0v) is 14.2. The van der Waals surface area contributed by atoms with Crippen molar-refractivity contribution in [2.24, 2.45) is 0 Å². The minimum atomic E-state index is -0.228. The molecule has 0 radical (unpaired) electrons. The van der Waals surface area contributed by atoms with Crippen molar-refractivity contribution in [3.05, 3.63) is 24.2 Å². The molecule has 0 saturated carbocycles. The summed E-state index contributed by atoms with van der Waals surface area (Å²) in [4.78, 5) is 25.9. The number of urea groups is 1. The molecule has 128 valence electrons. The van der Waals surface area contributed by atoms with E-state index in [1.165, 1.54) is 0 Å². The third-order valence-electron chi connectivity index (χ3n) is 3.81. The summed E-state index contributed by atoms with van der Waals surface area (Å²) in [5.41, 5.74) is -0.228. The van der Waals surface area contributed by atoms with Gasteiger partial charge in [0.05, 0.1) is 6.26 Å². The first-order chi connectivity index (χ1) is 10.8. The van der Waals surface area contributed by atoms with Gasteiger partial charge >= 0.3 is 6.03 Å². The molecule has 1 saturated heterocycles. The van der Waals surface area contributed by atoms with Gasteiger partial charge in [0.2, 0.25) is 5.91 Å². The van der Waals surface area contributed by atoms with Crippen LogP contribution in [0, 0.1) is 0 Å². The Kier molecular flexibility index (Phi) is 5.69.